The number of carbonyl (C=O) groups is 1. The van der Waals surface area contributed by atoms with Crippen LogP contribution in [0, 0.1) is 5.41 Å². The van der Waals surface area contributed by atoms with Gasteiger partial charge in [-0.25, -0.2) is 0 Å². The van der Waals surface area contributed by atoms with E-state index in [1.54, 1.807) is 0 Å². The summed E-state index contributed by atoms with van der Waals surface area (Å²) in [4.78, 5) is 13.8. The molecular formula is C17H26N2O. The molecule has 0 saturated carbocycles. The molecule has 0 aromatic heterocycles. The van der Waals surface area contributed by atoms with Gasteiger partial charge in [0.2, 0.25) is 5.91 Å². The fourth-order valence-electron chi connectivity index (χ4n) is 2.71. The molecule has 0 saturated heterocycles. The summed E-state index contributed by atoms with van der Waals surface area (Å²) in [5.41, 5.74) is 10.2. The lowest BCUT2D eigenvalue weighted by Crippen LogP contribution is -2.35. The van der Waals surface area contributed by atoms with Gasteiger partial charge in [-0.3, -0.25) is 4.79 Å². The van der Waals surface area contributed by atoms with Gasteiger partial charge in [0.05, 0.1) is 0 Å². The third kappa shape index (κ3) is 3.04. The Morgan fingerprint density at radius 1 is 1.35 bits per heavy atom. The van der Waals surface area contributed by atoms with E-state index < -0.39 is 0 Å². The minimum Gasteiger partial charge on any atom is -0.338 e. The maximum absolute atomic E-state index is 11.9. The molecule has 1 heterocycles. The Morgan fingerprint density at radius 2 is 2.05 bits per heavy atom. The Labute approximate surface area is 122 Å². The summed E-state index contributed by atoms with van der Waals surface area (Å²) in [7, 11) is 0. The van der Waals surface area contributed by atoms with Crippen molar-refractivity contribution in [1.29, 1.82) is 0 Å². The first-order chi connectivity index (χ1) is 9.32. The summed E-state index contributed by atoms with van der Waals surface area (Å²) in [6, 6.07) is 6.54. The molecule has 3 nitrogen and oxygen atoms in total. The third-order valence-electron chi connectivity index (χ3n) is 4.19. The van der Waals surface area contributed by atoms with Crippen LogP contribution in [0.15, 0.2) is 18.2 Å². The van der Waals surface area contributed by atoms with Crippen LogP contribution in [0.4, 0.5) is 0 Å². The molecule has 1 aromatic carbocycles. The number of amides is 1. The molecule has 0 spiro atoms. The predicted octanol–water partition coefficient (Wildman–Crippen LogP) is 3.03. The smallest absolute Gasteiger partial charge is 0.222 e. The second-order valence-corrected chi connectivity index (χ2v) is 6.79. The van der Waals surface area contributed by atoms with Crippen LogP contribution in [0.1, 0.15) is 56.8 Å². The molecule has 0 bridgehead atoms. The second-order valence-electron chi connectivity index (χ2n) is 6.79. The van der Waals surface area contributed by atoms with Crippen molar-refractivity contribution in [1.82, 2.24) is 4.90 Å². The summed E-state index contributed by atoms with van der Waals surface area (Å²) in [6.07, 6.45) is 1.53. The molecule has 1 atom stereocenters. The number of hydrogen-bond donors (Lipinski definition) is 1. The highest BCUT2D eigenvalue weighted by Gasteiger charge is 2.25. The van der Waals surface area contributed by atoms with Crippen molar-refractivity contribution in [3.8, 4) is 0 Å². The lowest BCUT2D eigenvalue weighted by molar-refractivity contribution is -0.131. The van der Waals surface area contributed by atoms with Gasteiger partial charge in [-0.1, -0.05) is 45.9 Å². The van der Waals surface area contributed by atoms with Gasteiger partial charge < -0.3 is 10.6 Å². The van der Waals surface area contributed by atoms with Gasteiger partial charge in [0.15, 0.2) is 0 Å². The van der Waals surface area contributed by atoms with Crippen molar-refractivity contribution in [2.75, 3.05) is 6.54 Å². The summed E-state index contributed by atoms with van der Waals surface area (Å²) >= 11 is 0. The van der Waals surface area contributed by atoms with E-state index in [4.69, 9.17) is 5.73 Å². The van der Waals surface area contributed by atoms with Crippen LogP contribution in [-0.4, -0.2) is 17.4 Å². The maximum atomic E-state index is 11.9. The van der Waals surface area contributed by atoms with Crippen LogP contribution in [0.25, 0.3) is 0 Å². The van der Waals surface area contributed by atoms with E-state index >= 15 is 0 Å². The highest BCUT2D eigenvalue weighted by Crippen LogP contribution is 2.32. The Hall–Kier alpha value is -1.35. The molecule has 2 rings (SSSR count). The zero-order valence-electron chi connectivity index (χ0n) is 13.1. The van der Waals surface area contributed by atoms with Crippen LogP contribution in [0.3, 0.4) is 0 Å². The lowest BCUT2D eigenvalue weighted by atomic mass is 9.82. The highest BCUT2D eigenvalue weighted by atomic mass is 16.2. The molecule has 20 heavy (non-hydrogen) atoms. The minimum atomic E-state index is 0.0186. The van der Waals surface area contributed by atoms with Crippen molar-refractivity contribution in [2.24, 2.45) is 11.1 Å². The molecule has 110 valence electrons. The third-order valence-corrected chi connectivity index (χ3v) is 4.19. The Kier molecular flexibility index (Phi) is 4.19. The molecule has 1 aromatic rings. The van der Waals surface area contributed by atoms with E-state index in [2.05, 4.69) is 39.0 Å². The first-order valence-corrected chi connectivity index (χ1v) is 7.48. The summed E-state index contributed by atoms with van der Waals surface area (Å²) < 4.78 is 0. The van der Waals surface area contributed by atoms with E-state index in [-0.39, 0.29) is 17.4 Å². The van der Waals surface area contributed by atoms with E-state index in [0.29, 0.717) is 6.42 Å². The lowest BCUT2D eigenvalue weighted by Gasteiger charge is -2.31. The van der Waals surface area contributed by atoms with Crippen molar-refractivity contribution < 1.29 is 4.79 Å². The topological polar surface area (TPSA) is 46.3 Å². The second kappa shape index (κ2) is 5.57. The summed E-state index contributed by atoms with van der Waals surface area (Å²) in [5.74, 6) is 0.237. The Bertz CT molecular complexity index is 502. The van der Waals surface area contributed by atoms with Crippen LogP contribution < -0.4 is 5.73 Å². The Morgan fingerprint density at radius 3 is 2.65 bits per heavy atom. The molecule has 0 fully saturated rings. The van der Waals surface area contributed by atoms with E-state index in [1.165, 1.54) is 16.7 Å². The summed E-state index contributed by atoms with van der Waals surface area (Å²) in [5, 5.41) is 0. The number of carbonyl (C=O) groups excluding carboxylic acids is 1. The standard InChI is InChI=1S/C17H26N2O/c1-5-15(20)19-9-8-12-6-7-13(10-14(12)11-19)16(18)17(2,3)4/h6-7,10,16H,5,8-9,11,18H2,1-4H3. The van der Waals surface area contributed by atoms with E-state index in [0.717, 1.165) is 19.5 Å². The molecule has 2 N–H and O–H groups in total. The highest BCUT2D eigenvalue weighted by molar-refractivity contribution is 5.76. The minimum absolute atomic E-state index is 0.0186. The monoisotopic (exact) mass is 274 g/mol. The average Bonchev–Trinajstić information content (AvgIpc) is 2.43. The SMILES string of the molecule is CCC(=O)N1CCc2ccc(C(N)C(C)(C)C)cc2C1. The molecule has 0 radical (unpaired) electrons. The van der Waals surface area contributed by atoms with E-state index in [9.17, 15) is 4.79 Å². The van der Waals surface area contributed by atoms with E-state index in [1.807, 2.05) is 11.8 Å². The van der Waals surface area contributed by atoms with Gasteiger partial charge in [-0.15, -0.1) is 0 Å². The number of nitrogens with zero attached hydrogens (tertiary/aromatic N) is 1. The normalized spacial score (nSPS) is 16.8. The average molecular weight is 274 g/mol. The van der Waals surface area contributed by atoms with Crippen molar-refractivity contribution in [3.63, 3.8) is 0 Å². The Balaban J connectivity index is 2.25. The first kappa shape index (κ1) is 15.0. The zero-order chi connectivity index (χ0) is 14.9. The van der Waals surface area contributed by atoms with Gasteiger partial charge in [-0.2, -0.15) is 0 Å². The van der Waals surface area contributed by atoms with Gasteiger partial charge in [-0.05, 0) is 28.5 Å². The molecule has 1 amide bonds. The van der Waals surface area contributed by atoms with Crippen molar-refractivity contribution in [2.45, 2.75) is 53.1 Å². The van der Waals surface area contributed by atoms with Gasteiger partial charge >= 0.3 is 0 Å². The van der Waals surface area contributed by atoms with Crippen LogP contribution in [-0.2, 0) is 17.8 Å². The zero-order valence-corrected chi connectivity index (χ0v) is 13.1. The largest absolute Gasteiger partial charge is 0.338 e. The first-order valence-electron chi connectivity index (χ1n) is 7.48. The van der Waals surface area contributed by atoms with Crippen LogP contribution >= 0.6 is 0 Å². The van der Waals surface area contributed by atoms with Gasteiger partial charge in [0, 0.05) is 25.6 Å². The molecule has 1 aliphatic rings. The predicted molar refractivity (Wildman–Crippen MR) is 82.2 cm³/mol. The number of hydrogen-bond acceptors (Lipinski definition) is 2. The number of benzene rings is 1. The fourth-order valence-corrected chi connectivity index (χ4v) is 2.71. The quantitative estimate of drug-likeness (QED) is 0.901. The molecule has 1 unspecified atom stereocenters. The van der Waals surface area contributed by atoms with Crippen LogP contribution in [0.5, 0.6) is 0 Å². The van der Waals surface area contributed by atoms with Gasteiger partial charge in [0.1, 0.15) is 0 Å². The van der Waals surface area contributed by atoms with Crippen molar-refractivity contribution in [3.05, 3.63) is 34.9 Å². The van der Waals surface area contributed by atoms with Crippen LogP contribution in [0.2, 0.25) is 0 Å². The molecule has 3 heteroatoms. The molecule has 1 aliphatic heterocycles. The maximum Gasteiger partial charge on any atom is 0.222 e. The fraction of sp³-hybridized carbons (Fsp3) is 0.588. The number of nitrogens with two attached hydrogens (primary N) is 1. The summed E-state index contributed by atoms with van der Waals surface area (Å²) in [6.45, 7) is 9.96. The van der Waals surface area contributed by atoms with Gasteiger partial charge in [0.25, 0.3) is 0 Å². The number of fused-ring (bicyclic) bond motifs is 1. The number of rotatable bonds is 2. The molecular weight excluding hydrogens is 248 g/mol. The molecule has 0 aliphatic carbocycles. The van der Waals surface area contributed by atoms with Crippen molar-refractivity contribution >= 4 is 5.91 Å².